The third-order valence-corrected chi connectivity index (χ3v) is 4.81. The van der Waals surface area contributed by atoms with Gasteiger partial charge in [0.2, 0.25) is 11.8 Å². The molecule has 0 bridgehead atoms. The lowest BCUT2D eigenvalue weighted by atomic mass is 9.95. The number of carbonyl (C=O) groups excluding carboxylic acids is 3. The largest absolute Gasteiger partial charge is 0.388 e. The van der Waals surface area contributed by atoms with Crippen LogP contribution in [0.3, 0.4) is 0 Å². The van der Waals surface area contributed by atoms with Crippen molar-refractivity contribution >= 4 is 23.9 Å². The molecule has 2 saturated heterocycles. The van der Waals surface area contributed by atoms with Crippen molar-refractivity contribution in [3.8, 4) is 0 Å². The van der Waals surface area contributed by atoms with Gasteiger partial charge in [0.1, 0.15) is 18.1 Å². The number of aliphatic hydroxyl groups excluding tert-OH is 2. The first-order valence-electron chi connectivity index (χ1n) is 8.78. The minimum Gasteiger partial charge on any atom is -0.388 e. The van der Waals surface area contributed by atoms with Crippen LogP contribution in [-0.2, 0) is 20.7 Å². The molecule has 2 aliphatic rings. The van der Waals surface area contributed by atoms with Crippen molar-refractivity contribution in [3.05, 3.63) is 41.5 Å². The van der Waals surface area contributed by atoms with Gasteiger partial charge in [-0.15, -0.1) is 0 Å². The molecule has 0 radical (unpaired) electrons. The van der Waals surface area contributed by atoms with E-state index >= 15 is 0 Å². The molecule has 1 aromatic rings. The number of rotatable bonds is 5. The predicted molar refractivity (Wildman–Crippen MR) is 95.3 cm³/mol. The van der Waals surface area contributed by atoms with Crippen LogP contribution >= 0.6 is 0 Å². The van der Waals surface area contributed by atoms with Crippen molar-refractivity contribution < 1.29 is 29.3 Å². The number of nitrogens with one attached hydrogen (secondary N) is 2. The summed E-state index contributed by atoms with van der Waals surface area (Å²) in [6.07, 6.45) is 1.82. The Kier molecular flexibility index (Phi) is 5.69. The zero-order valence-corrected chi connectivity index (χ0v) is 14.8. The summed E-state index contributed by atoms with van der Waals surface area (Å²) in [4.78, 5) is 34.6. The van der Waals surface area contributed by atoms with E-state index in [4.69, 9.17) is 4.74 Å². The van der Waals surface area contributed by atoms with Gasteiger partial charge in [-0.05, 0) is 30.9 Å². The predicted octanol–water partition coefficient (Wildman–Crippen LogP) is 0.124. The van der Waals surface area contributed by atoms with Crippen LogP contribution in [0.5, 0.6) is 0 Å². The second-order valence-corrected chi connectivity index (χ2v) is 6.80. The standard InChI is InChI=1S/C19H22N2O6/c1-10-15(22)16(23)14(27-10)4-2-3-11-5-7-12(8-6-11)9-13-17(24)20-19(26)21-18(13)25/h2-3,5-8,10,13-16,22-23H,4,9H2,1H3,(H2,20,21,24,25,26)/b3-2+/t10?,14-,15+,16?/m0/s1. The number of benzene rings is 1. The van der Waals surface area contributed by atoms with Crippen LogP contribution in [-0.4, -0.2) is 52.5 Å². The lowest BCUT2D eigenvalue weighted by Crippen LogP contribution is -2.56. The van der Waals surface area contributed by atoms with Crippen molar-refractivity contribution in [1.29, 1.82) is 0 Å². The van der Waals surface area contributed by atoms with E-state index in [9.17, 15) is 24.6 Å². The highest BCUT2D eigenvalue weighted by Gasteiger charge is 2.39. The SMILES string of the molecule is CC1O[C@@H](C/C=C/c2ccc(CC3C(=O)NC(=O)NC3=O)cc2)C(O)[C@@H]1O. The van der Waals surface area contributed by atoms with E-state index in [1.165, 1.54) is 0 Å². The second kappa shape index (κ2) is 7.99. The van der Waals surface area contributed by atoms with E-state index in [1.54, 1.807) is 6.92 Å². The van der Waals surface area contributed by atoms with Crippen molar-refractivity contribution in [2.45, 2.75) is 44.2 Å². The second-order valence-electron chi connectivity index (χ2n) is 6.80. The van der Waals surface area contributed by atoms with Gasteiger partial charge in [0, 0.05) is 0 Å². The average molecular weight is 374 g/mol. The highest BCUT2D eigenvalue weighted by atomic mass is 16.5. The van der Waals surface area contributed by atoms with Crippen molar-refractivity contribution in [2.75, 3.05) is 0 Å². The summed E-state index contributed by atoms with van der Waals surface area (Å²) in [6.45, 7) is 1.72. The molecule has 8 heteroatoms. The van der Waals surface area contributed by atoms with Gasteiger partial charge in [-0.3, -0.25) is 20.2 Å². The first kappa shape index (κ1) is 19.2. The average Bonchev–Trinajstić information content (AvgIpc) is 2.86. The summed E-state index contributed by atoms with van der Waals surface area (Å²) in [5.74, 6) is -2.13. The van der Waals surface area contributed by atoms with Crippen LogP contribution < -0.4 is 10.6 Å². The van der Waals surface area contributed by atoms with Gasteiger partial charge in [-0.25, -0.2) is 4.79 Å². The fourth-order valence-corrected chi connectivity index (χ4v) is 3.20. The van der Waals surface area contributed by atoms with Crippen LogP contribution in [0.4, 0.5) is 4.79 Å². The Morgan fingerprint density at radius 1 is 1.04 bits per heavy atom. The van der Waals surface area contributed by atoms with E-state index in [2.05, 4.69) is 10.6 Å². The molecule has 8 nitrogen and oxygen atoms in total. The van der Waals surface area contributed by atoms with E-state index in [1.807, 2.05) is 36.4 Å². The van der Waals surface area contributed by atoms with Crippen molar-refractivity contribution in [3.63, 3.8) is 0 Å². The number of imide groups is 2. The number of hydrogen-bond acceptors (Lipinski definition) is 6. The van der Waals surface area contributed by atoms with Crippen molar-refractivity contribution in [1.82, 2.24) is 10.6 Å². The van der Waals surface area contributed by atoms with Crippen LogP contribution in [0.1, 0.15) is 24.5 Å². The molecule has 144 valence electrons. The van der Waals surface area contributed by atoms with Crippen molar-refractivity contribution in [2.24, 2.45) is 5.92 Å². The van der Waals surface area contributed by atoms with Crippen LogP contribution in [0.15, 0.2) is 30.3 Å². The normalized spacial score (nSPS) is 29.2. The molecule has 1 aromatic carbocycles. The Balaban J connectivity index is 1.55. The molecule has 3 rings (SSSR count). The molecular formula is C19H22N2O6. The fraction of sp³-hybridized carbons (Fsp3) is 0.421. The van der Waals surface area contributed by atoms with Gasteiger partial charge in [0.05, 0.1) is 12.2 Å². The molecule has 4 N–H and O–H groups in total. The molecule has 0 saturated carbocycles. The van der Waals surface area contributed by atoms with Crippen LogP contribution in [0.25, 0.3) is 6.08 Å². The molecule has 2 fully saturated rings. The molecule has 27 heavy (non-hydrogen) atoms. The Morgan fingerprint density at radius 3 is 2.22 bits per heavy atom. The highest BCUT2D eigenvalue weighted by molar-refractivity contribution is 6.16. The Bertz CT molecular complexity index is 740. The topological polar surface area (TPSA) is 125 Å². The number of hydrogen-bond donors (Lipinski definition) is 4. The van der Waals surface area contributed by atoms with Gasteiger partial charge >= 0.3 is 6.03 Å². The van der Waals surface area contributed by atoms with Gasteiger partial charge in [-0.2, -0.15) is 0 Å². The highest BCUT2D eigenvalue weighted by Crippen LogP contribution is 2.24. The summed E-state index contributed by atoms with van der Waals surface area (Å²) in [6, 6.07) is 6.52. The molecule has 0 aromatic heterocycles. The van der Waals surface area contributed by atoms with Gasteiger partial charge in [-0.1, -0.05) is 36.4 Å². The number of amides is 4. The van der Waals surface area contributed by atoms with E-state index in [0.29, 0.717) is 6.42 Å². The summed E-state index contributed by atoms with van der Waals surface area (Å²) < 4.78 is 5.50. The summed E-state index contributed by atoms with van der Waals surface area (Å²) in [5.41, 5.74) is 1.70. The Hall–Kier alpha value is -2.55. The van der Waals surface area contributed by atoms with Gasteiger partial charge in [0.15, 0.2) is 0 Å². The first-order valence-corrected chi connectivity index (χ1v) is 8.78. The van der Waals surface area contributed by atoms with Gasteiger partial charge in [0.25, 0.3) is 0 Å². The molecule has 2 heterocycles. The molecule has 4 amide bonds. The third-order valence-electron chi connectivity index (χ3n) is 4.81. The number of urea groups is 1. The van der Waals surface area contributed by atoms with E-state index < -0.39 is 42.1 Å². The molecule has 0 aliphatic carbocycles. The number of aliphatic hydroxyl groups is 2. The maximum Gasteiger partial charge on any atom is 0.328 e. The number of carbonyl (C=O) groups is 3. The minimum absolute atomic E-state index is 0.201. The molecule has 0 spiro atoms. The van der Waals surface area contributed by atoms with Crippen LogP contribution in [0.2, 0.25) is 0 Å². The minimum atomic E-state index is -0.932. The maximum atomic E-state index is 11.8. The molecule has 4 atom stereocenters. The fourth-order valence-electron chi connectivity index (χ4n) is 3.20. The van der Waals surface area contributed by atoms with E-state index in [-0.39, 0.29) is 12.5 Å². The lowest BCUT2D eigenvalue weighted by molar-refractivity contribution is -0.135. The number of barbiturate groups is 1. The lowest BCUT2D eigenvalue weighted by Gasteiger charge is -2.20. The van der Waals surface area contributed by atoms with Crippen LogP contribution in [0, 0.1) is 5.92 Å². The summed E-state index contributed by atoms with van der Waals surface area (Å²) in [5, 5.41) is 23.7. The first-order chi connectivity index (χ1) is 12.8. The number of ether oxygens (including phenoxy) is 1. The van der Waals surface area contributed by atoms with E-state index in [0.717, 1.165) is 11.1 Å². The smallest absolute Gasteiger partial charge is 0.328 e. The monoisotopic (exact) mass is 374 g/mol. The quantitative estimate of drug-likeness (QED) is 0.543. The maximum absolute atomic E-state index is 11.8. The summed E-state index contributed by atoms with van der Waals surface area (Å²) >= 11 is 0. The zero-order valence-electron chi connectivity index (χ0n) is 14.8. The third kappa shape index (κ3) is 4.41. The molecule has 2 unspecified atom stereocenters. The van der Waals surface area contributed by atoms with Gasteiger partial charge < -0.3 is 14.9 Å². The Morgan fingerprint density at radius 2 is 1.67 bits per heavy atom. The zero-order chi connectivity index (χ0) is 19.6. The Labute approximate surface area is 156 Å². The molecule has 2 aliphatic heterocycles. The summed E-state index contributed by atoms with van der Waals surface area (Å²) in [7, 11) is 0. The molecular weight excluding hydrogens is 352 g/mol.